The van der Waals surface area contributed by atoms with Gasteiger partial charge in [-0.1, -0.05) is 109 Å². The van der Waals surface area contributed by atoms with E-state index in [1.54, 1.807) is 27.2 Å². The Hall–Kier alpha value is -9.72. The first-order valence-corrected chi connectivity index (χ1v) is 42.9. The van der Waals surface area contributed by atoms with E-state index < -0.39 is 57.2 Å². The molecule has 8 aromatic rings. The third-order valence-corrected chi connectivity index (χ3v) is 24.5. The summed E-state index contributed by atoms with van der Waals surface area (Å²) in [6, 6.07) is 32.6. The van der Waals surface area contributed by atoms with Crippen LogP contribution in [0.25, 0.3) is 45.0 Å². The molecule has 14 heterocycles. The molecule has 3 N–H and O–H groups in total. The molecule has 4 aromatic carbocycles. The van der Waals surface area contributed by atoms with E-state index in [1.807, 2.05) is 153 Å². The third kappa shape index (κ3) is 20.4. The summed E-state index contributed by atoms with van der Waals surface area (Å²) >= 11 is 0. The van der Waals surface area contributed by atoms with E-state index >= 15 is 0 Å². The molecule has 0 spiro atoms. The minimum atomic E-state index is -4.89. The molecule has 0 aliphatic carbocycles. The summed E-state index contributed by atoms with van der Waals surface area (Å²) in [4.78, 5) is 70.4. The highest BCUT2D eigenvalue weighted by Crippen LogP contribution is 2.49. The number of ether oxygens (including phenoxy) is 4. The normalized spacial score (nSPS) is 24.2. The minimum Gasteiger partial charge on any atom is -0.444 e. The summed E-state index contributed by atoms with van der Waals surface area (Å²) in [5.74, 6) is -2.14. The van der Waals surface area contributed by atoms with Gasteiger partial charge in [0.15, 0.2) is 0 Å². The summed E-state index contributed by atoms with van der Waals surface area (Å²) in [6.45, 7) is 22.8. The number of epoxide rings is 1. The number of carbonyl (C=O) groups is 4. The molecule has 0 radical (unpaired) electrons. The zero-order valence-electron chi connectivity index (χ0n) is 69.0. The Bertz CT molecular complexity index is 4940. The molecule has 118 heavy (non-hydrogen) atoms. The predicted molar refractivity (Wildman–Crippen MR) is 439 cm³/mol. The van der Waals surface area contributed by atoms with Crippen molar-refractivity contribution in [3.8, 4) is 45.0 Å². The fourth-order valence-electron chi connectivity index (χ4n) is 17.5. The van der Waals surface area contributed by atoms with Gasteiger partial charge in [0, 0.05) is 112 Å². The topological polar surface area (TPSA) is 291 Å². The number of aromatic nitrogens is 8. The molecule has 4 aromatic heterocycles. The van der Waals surface area contributed by atoms with Crippen molar-refractivity contribution in [1.29, 1.82) is 0 Å². The highest BCUT2D eigenvalue weighted by atomic mass is 32.2. The van der Waals surface area contributed by atoms with Gasteiger partial charge in [-0.2, -0.15) is 13.2 Å². The molecule has 0 bridgehead atoms. The molecule has 30 heteroatoms. The van der Waals surface area contributed by atoms with Crippen molar-refractivity contribution in [3.63, 3.8) is 0 Å². The van der Waals surface area contributed by atoms with Gasteiger partial charge in [-0.05, 0) is 149 Å². The third-order valence-electron chi connectivity index (χ3n) is 23.2. The van der Waals surface area contributed by atoms with Crippen LogP contribution < -0.4 is 0 Å². The van der Waals surface area contributed by atoms with Crippen molar-refractivity contribution in [2.24, 2.45) is 17.8 Å². The fourth-order valence-corrected chi connectivity index (χ4v) is 18.4. The number of imidazole rings is 4. The summed E-state index contributed by atoms with van der Waals surface area (Å²) in [5, 5.41) is 32.3. The van der Waals surface area contributed by atoms with Crippen molar-refractivity contribution >= 4 is 34.2 Å². The van der Waals surface area contributed by atoms with Gasteiger partial charge in [-0.15, -0.1) is 0 Å². The average molecular weight is 1650 g/mol. The molecular formula is C88H112F3N13O13S. The van der Waals surface area contributed by atoms with E-state index in [0.29, 0.717) is 64.1 Å². The van der Waals surface area contributed by atoms with Crippen LogP contribution in [-0.2, 0) is 40.3 Å². The number of aliphatic hydroxyl groups is 3. The molecule has 4 amide bonds. The first-order chi connectivity index (χ1) is 56.1. The number of carbonyl (C=O) groups excluding carboxylic acids is 4. The Morgan fingerprint density at radius 3 is 1.17 bits per heavy atom. The number of fused-ring (bicyclic) bond motifs is 13. The lowest BCUT2D eigenvalue weighted by Crippen LogP contribution is -2.41. The first kappa shape index (κ1) is 86.1. The highest BCUT2D eigenvalue weighted by Gasteiger charge is 2.48. The highest BCUT2D eigenvalue weighted by molar-refractivity contribution is 7.88. The summed E-state index contributed by atoms with van der Waals surface area (Å²) in [7, 11) is -3.23. The Balaban J connectivity index is 0.000000126. The van der Waals surface area contributed by atoms with Crippen molar-refractivity contribution in [1.82, 2.24) is 62.1 Å². The Labute approximate surface area is 688 Å². The average Bonchev–Trinajstić information content (AvgIpc) is 1.60. The van der Waals surface area contributed by atoms with E-state index in [2.05, 4.69) is 94.3 Å². The largest absolute Gasteiger partial charge is 0.471 e. The van der Waals surface area contributed by atoms with Crippen molar-refractivity contribution < 1.29 is 75.0 Å². The van der Waals surface area contributed by atoms with Crippen LogP contribution in [0, 0.1) is 17.8 Å². The van der Waals surface area contributed by atoms with Crippen molar-refractivity contribution in [2.45, 2.75) is 205 Å². The van der Waals surface area contributed by atoms with Gasteiger partial charge in [-0.25, -0.2) is 47.0 Å². The van der Waals surface area contributed by atoms with Crippen LogP contribution >= 0.6 is 0 Å². The lowest BCUT2D eigenvalue weighted by Gasteiger charge is -2.28. The van der Waals surface area contributed by atoms with Crippen LogP contribution in [0.5, 0.6) is 0 Å². The predicted octanol–water partition coefficient (Wildman–Crippen LogP) is 13.8. The Kier molecular flexibility index (Phi) is 26.3. The molecule has 11 atom stereocenters. The second kappa shape index (κ2) is 36.1. The second-order valence-electron chi connectivity index (χ2n) is 34.8. The molecule has 18 rings (SSSR count). The molecule has 10 aliphatic heterocycles. The molecule has 0 saturated carbocycles. The maximum absolute atomic E-state index is 12.7. The van der Waals surface area contributed by atoms with Gasteiger partial charge in [0.05, 0.1) is 128 Å². The molecule has 10 aliphatic rings. The SMILES string of the molecule is CC(C)(C)OC(=O)N1CCC(O)C(C2c3ccccc3-c3cncn32)CC1.CC(C)(C)OC(=O)N1CCC2OC2CC1.CC(C)(C)OC(=O)N1CCC=CCC1.CS(=O)(=O)N1CCC(O)C(C2c3ccccc3-c3cncn32)CC1.O=C(N1CCC(O)C(C2c3ccccc3-c3cncn32)CC1)C(F)(F)F.c1ccc2c(c1)Cn1cncc1-2. The lowest BCUT2D eigenvalue weighted by molar-refractivity contribution is -0.185. The quantitative estimate of drug-likeness (QED) is 0.0838. The van der Waals surface area contributed by atoms with Crippen LogP contribution in [0.15, 0.2) is 159 Å². The molecular weight excluding hydrogens is 1540 g/mol. The Morgan fingerprint density at radius 2 is 0.754 bits per heavy atom. The van der Waals surface area contributed by atoms with E-state index in [1.165, 1.54) is 44.1 Å². The van der Waals surface area contributed by atoms with Crippen LogP contribution in [0.3, 0.4) is 0 Å². The van der Waals surface area contributed by atoms with Crippen molar-refractivity contribution in [3.05, 3.63) is 182 Å². The number of hydrogen-bond acceptors (Lipinski definition) is 17. The lowest BCUT2D eigenvalue weighted by atomic mass is 9.85. The fraction of sp³-hybridized carbons (Fsp3) is 0.523. The minimum absolute atomic E-state index is 0.00760. The maximum Gasteiger partial charge on any atom is 0.471 e. The molecule has 26 nitrogen and oxygen atoms in total. The van der Waals surface area contributed by atoms with Crippen LogP contribution in [0.2, 0.25) is 0 Å². The number of hydrogen-bond donors (Lipinski definition) is 3. The number of sulfonamides is 1. The van der Waals surface area contributed by atoms with Crippen LogP contribution in [-0.4, -0.2) is 235 Å². The smallest absolute Gasteiger partial charge is 0.444 e. The van der Waals surface area contributed by atoms with E-state index in [4.69, 9.17) is 18.9 Å². The van der Waals surface area contributed by atoms with Gasteiger partial charge in [0.2, 0.25) is 10.0 Å². The van der Waals surface area contributed by atoms with Gasteiger partial charge in [0.1, 0.15) is 16.8 Å². The standard InChI is InChI=1S/C21H27N3O3.C18H18F3N3O2.C17H21N3O3S.C11H19NO3.C11H19NO2.C10H8N2/c1-21(2,3)27-20(26)23-10-8-16(18(25)9-11-23)19-15-7-5-4-6-14(15)17-12-22-13-24(17)19;19-18(20,21)17(26)23-7-5-13(15(25)6-8-23)16-12-4-2-1-3-11(12)14-9-22-10-24(14)16;1-24(22,23)19-8-6-14(16(21)7-9-19)17-13-5-3-2-4-12(13)15-10-18-11-20(15)17;1-11(2,3)15-10(13)12-6-4-8-9(14-8)5-7-12;1-11(2,3)14-10(13)12-8-6-4-5-7-9-12;1-2-4-9-8(3-1)6-12-7-11-5-10(9)12/h4-7,12-13,16,18-19,25H,8-11H2,1-3H3;1-4,9-10,13,15-16,25H,5-8H2;2-5,10-11,14,16-17,21H,6-9H2,1H3;8-9H,4-7H2,1-3H3;4-5H,6-9H2,1-3H3;1-5,7H,6H2. The summed E-state index contributed by atoms with van der Waals surface area (Å²) < 4.78 is 93.4. The molecule has 634 valence electrons. The van der Waals surface area contributed by atoms with Gasteiger partial charge in [0.25, 0.3) is 0 Å². The number of aliphatic hydroxyl groups excluding tert-OH is 3. The van der Waals surface area contributed by atoms with Crippen LogP contribution in [0.1, 0.15) is 167 Å². The van der Waals surface area contributed by atoms with Crippen molar-refractivity contribution in [2.75, 3.05) is 71.7 Å². The number of amides is 4. The van der Waals surface area contributed by atoms with Crippen LogP contribution in [0.4, 0.5) is 27.6 Å². The monoisotopic (exact) mass is 1650 g/mol. The molecule has 11 unspecified atom stereocenters. The number of alkyl halides is 3. The molecule has 5 fully saturated rings. The summed E-state index contributed by atoms with van der Waals surface area (Å²) in [5.41, 5.74) is 12.5. The number of benzene rings is 4. The molecule has 5 saturated heterocycles. The maximum atomic E-state index is 12.7. The van der Waals surface area contributed by atoms with Gasteiger partial charge < -0.3 is 72.1 Å². The zero-order valence-corrected chi connectivity index (χ0v) is 69.8. The first-order valence-electron chi connectivity index (χ1n) is 41.1. The van der Waals surface area contributed by atoms with E-state index in [-0.39, 0.29) is 73.7 Å². The zero-order chi connectivity index (χ0) is 84.2. The number of likely N-dealkylation sites (tertiary alicyclic amines) is 3. The van der Waals surface area contributed by atoms with Gasteiger partial charge in [-0.3, -0.25) is 4.79 Å². The number of rotatable bonds is 4. The number of halogens is 3. The Morgan fingerprint density at radius 1 is 0.424 bits per heavy atom. The van der Waals surface area contributed by atoms with Gasteiger partial charge >= 0.3 is 30.4 Å². The summed E-state index contributed by atoms with van der Waals surface area (Å²) in [6.07, 6.45) is 20.0. The van der Waals surface area contributed by atoms with E-state index in [9.17, 15) is 56.1 Å². The number of nitrogens with zero attached hydrogens (tertiary/aromatic N) is 13. The van der Waals surface area contributed by atoms with E-state index in [0.717, 1.165) is 103 Å². The second-order valence-corrected chi connectivity index (χ2v) is 36.8.